The molecular weight excluding hydrogens is 311 g/mol. The van der Waals surface area contributed by atoms with Crippen LogP contribution in [0.4, 0.5) is 11.6 Å². The van der Waals surface area contributed by atoms with Crippen LogP contribution in [0.5, 0.6) is 0 Å². The molecule has 0 aliphatic carbocycles. The van der Waals surface area contributed by atoms with Gasteiger partial charge in [-0.3, -0.25) is 4.98 Å². The van der Waals surface area contributed by atoms with Crippen LogP contribution in [0.15, 0.2) is 36.5 Å². The van der Waals surface area contributed by atoms with E-state index in [9.17, 15) is 0 Å². The minimum Gasteiger partial charge on any atom is -0.321 e. The molecule has 2 aromatic heterocycles. The smallest absolute Gasteiger partial charge is 0.252 e. The Labute approximate surface area is 130 Å². The van der Waals surface area contributed by atoms with Gasteiger partial charge in [0.05, 0.1) is 27.1 Å². The minimum absolute atomic E-state index is 0.387. The van der Waals surface area contributed by atoms with Crippen molar-refractivity contribution in [2.75, 3.05) is 5.32 Å². The largest absolute Gasteiger partial charge is 0.321 e. The molecule has 3 rings (SSSR count). The fourth-order valence-electron chi connectivity index (χ4n) is 1.82. The van der Waals surface area contributed by atoms with Gasteiger partial charge in [-0.1, -0.05) is 34.4 Å². The Morgan fingerprint density at radius 3 is 2.81 bits per heavy atom. The lowest BCUT2D eigenvalue weighted by atomic mass is 10.3. The monoisotopic (exact) mass is 320 g/mol. The number of nitrogens with one attached hydrogen (secondary N) is 1. The highest BCUT2D eigenvalue weighted by molar-refractivity contribution is 6.43. The molecule has 0 fully saturated rings. The highest BCUT2D eigenvalue weighted by Crippen LogP contribution is 2.29. The first-order chi connectivity index (χ1) is 10.2. The first-order valence-electron chi connectivity index (χ1n) is 6.08. The number of anilines is 2. The predicted molar refractivity (Wildman–Crippen MR) is 81.4 cm³/mol. The summed E-state index contributed by atoms with van der Waals surface area (Å²) in [6.07, 6.45) is 1.72. The Balaban J connectivity index is 2.02. The SMILES string of the molecule is Cc1ncccc1Nc1nnnn1-c1cccc(Cl)c1Cl. The van der Waals surface area contributed by atoms with E-state index in [2.05, 4.69) is 25.8 Å². The number of hydrogen-bond acceptors (Lipinski definition) is 5. The van der Waals surface area contributed by atoms with Gasteiger partial charge in [0.15, 0.2) is 0 Å². The number of nitrogens with zero attached hydrogens (tertiary/aromatic N) is 5. The van der Waals surface area contributed by atoms with Gasteiger partial charge in [-0.2, -0.15) is 4.68 Å². The molecule has 0 aliphatic rings. The molecule has 0 saturated heterocycles. The Morgan fingerprint density at radius 2 is 2.00 bits per heavy atom. The Hall–Kier alpha value is -2.18. The summed E-state index contributed by atoms with van der Waals surface area (Å²) in [5.74, 6) is 0.426. The average Bonchev–Trinajstić information content (AvgIpc) is 2.92. The maximum Gasteiger partial charge on any atom is 0.252 e. The molecule has 0 aliphatic heterocycles. The topological polar surface area (TPSA) is 68.5 Å². The second kappa shape index (κ2) is 5.67. The Morgan fingerprint density at radius 1 is 1.14 bits per heavy atom. The fourth-order valence-corrected chi connectivity index (χ4v) is 2.20. The van der Waals surface area contributed by atoms with E-state index in [1.54, 1.807) is 24.4 Å². The predicted octanol–water partition coefficient (Wildman–Crippen LogP) is 3.42. The van der Waals surface area contributed by atoms with Crippen LogP contribution in [0, 0.1) is 6.92 Å². The molecular formula is C13H10Cl2N6. The molecule has 0 spiro atoms. The van der Waals surface area contributed by atoms with Crippen molar-refractivity contribution < 1.29 is 0 Å². The van der Waals surface area contributed by atoms with Gasteiger partial charge < -0.3 is 5.32 Å². The number of benzene rings is 1. The number of aromatic nitrogens is 5. The molecule has 0 bridgehead atoms. The van der Waals surface area contributed by atoms with Crippen molar-refractivity contribution in [2.24, 2.45) is 0 Å². The zero-order valence-electron chi connectivity index (χ0n) is 11.0. The summed E-state index contributed by atoms with van der Waals surface area (Å²) in [5.41, 5.74) is 2.24. The molecule has 21 heavy (non-hydrogen) atoms. The molecule has 6 nitrogen and oxygen atoms in total. The van der Waals surface area contributed by atoms with Crippen molar-refractivity contribution in [3.8, 4) is 5.69 Å². The molecule has 0 atom stereocenters. The average molecular weight is 321 g/mol. The summed E-state index contributed by atoms with van der Waals surface area (Å²) in [6, 6.07) is 8.99. The normalized spacial score (nSPS) is 10.6. The van der Waals surface area contributed by atoms with Gasteiger partial charge in [0.1, 0.15) is 0 Å². The first-order valence-corrected chi connectivity index (χ1v) is 6.84. The number of halogens is 2. The van der Waals surface area contributed by atoms with Gasteiger partial charge in [-0.05, 0) is 41.6 Å². The minimum atomic E-state index is 0.387. The van der Waals surface area contributed by atoms with Gasteiger partial charge in [-0.25, -0.2) is 0 Å². The second-order valence-electron chi connectivity index (χ2n) is 4.25. The van der Waals surface area contributed by atoms with Crippen molar-refractivity contribution >= 4 is 34.8 Å². The molecule has 0 radical (unpaired) electrons. The van der Waals surface area contributed by atoms with Crippen LogP contribution in [0.3, 0.4) is 0 Å². The van der Waals surface area contributed by atoms with Gasteiger partial charge in [0, 0.05) is 6.20 Å². The van der Waals surface area contributed by atoms with Crippen molar-refractivity contribution in [3.05, 3.63) is 52.3 Å². The summed E-state index contributed by atoms with van der Waals surface area (Å²) in [6.45, 7) is 1.89. The number of hydrogen-bond donors (Lipinski definition) is 1. The van der Waals surface area contributed by atoms with Crippen LogP contribution in [0.2, 0.25) is 10.0 Å². The highest BCUT2D eigenvalue weighted by Gasteiger charge is 2.14. The van der Waals surface area contributed by atoms with E-state index < -0.39 is 0 Å². The van der Waals surface area contributed by atoms with E-state index >= 15 is 0 Å². The summed E-state index contributed by atoms with van der Waals surface area (Å²) in [7, 11) is 0. The van der Waals surface area contributed by atoms with Crippen LogP contribution in [-0.2, 0) is 0 Å². The zero-order valence-corrected chi connectivity index (χ0v) is 12.5. The number of tetrazole rings is 1. The van der Waals surface area contributed by atoms with Crippen molar-refractivity contribution in [3.63, 3.8) is 0 Å². The molecule has 106 valence electrons. The lowest BCUT2D eigenvalue weighted by Crippen LogP contribution is -2.05. The third-order valence-electron chi connectivity index (χ3n) is 2.88. The van der Waals surface area contributed by atoms with Crippen molar-refractivity contribution in [1.82, 2.24) is 25.2 Å². The standard InChI is InChI=1S/C13H10Cl2N6/c1-8-10(5-3-7-16-8)17-13-18-19-20-21(13)11-6-2-4-9(14)12(11)15/h2-7H,1H3,(H,17,18,20). The molecule has 0 amide bonds. The van der Waals surface area contributed by atoms with E-state index in [1.807, 2.05) is 19.1 Å². The lowest BCUT2D eigenvalue weighted by molar-refractivity contribution is 0.791. The van der Waals surface area contributed by atoms with Crippen molar-refractivity contribution in [1.29, 1.82) is 0 Å². The van der Waals surface area contributed by atoms with E-state index in [1.165, 1.54) is 4.68 Å². The highest BCUT2D eigenvalue weighted by atomic mass is 35.5. The maximum absolute atomic E-state index is 6.20. The lowest BCUT2D eigenvalue weighted by Gasteiger charge is -2.10. The van der Waals surface area contributed by atoms with E-state index in [-0.39, 0.29) is 0 Å². The third kappa shape index (κ3) is 2.68. The van der Waals surface area contributed by atoms with E-state index in [0.717, 1.165) is 11.4 Å². The molecule has 1 aromatic carbocycles. The quantitative estimate of drug-likeness (QED) is 0.800. The van der Waals surface area contributed by atoms with Crippen LogP contribution >= 0.6 is 23.2 Å². The van der Waals surface area contributed by atoms with Gasteiger partial charge in [0.2, 0.25) is 0 Å². The zero-order chi connectivity index (χ0) is 14.8. The number of pyridine rings is 1. The van der Waals surface area contributed by atoms with Gasteiger partial charge in [-0.15, -0.1) is 0 Å². The number of rotatable bonds is 3. The molecule has 1 N–H and O–H groups in total. The van der Waals surface area contributed by atoms with Crippen LogP contribution in [-0.4, -0.2) is 25.2 Å². The fraction of sp³-hybridized carbons (Fsp3) is 0.0769. The summed E-state index contributed by atoms with van der Waals surface area (Å²) in [4.78, 5) is 4.21. The molecule has 2 heterocycles. The maximum atomic E-state index is 6.20. The Kier molecular flexibility index (Phi) is 3.72. The second-order valence-corrected chi connectivity index (χ2v) is 5.03. The first kappa shape index (κ1) is 13.8. The summed E-state index contributed by atoms with van der Waals surface area (Å²) >= 11 is 12.2. The molecule has 8 heteroatoms. The van der Waals surface area contributed by atoms with Crippen LogP contribution in [0.1, 0.15) is 5.69 Å². The molecule has 0 unspecified atom stereocenters. The third-order valence-corrected chi connectivity index (χ3v) is 3.69. The van der Waals surface area contributed by atoms with Crippen LogP contribution < -0.4 is 5.32 Å². The summed E-state index contributed by atoms with van der Waals surface area (Å²) in [5, 5.41) is 15.5. The van der Waals surface area contributed by atoms with Gasteiger partial charge >= 0.3 is 0 Å². The summed E-state index contributed by atoms with van der Waals surface area (Å²) < 4.78 is 1.49. The van der Waals surface area contributed by atoms with Crippen LogP contribution in [0.25, 0.3) is 5.69 Å². The van der Waals surface area contributed by atoms with E-state index in [0.29, 0.717) is 21.7 Å². The number of aryl methyl sites for hydroxylation is 1. The van der Waals surface area contributed by atoms with Gasteiger partial charge in [0.25, 0.3) is 5.95 Å². The van der Waals surface area contributed by atoms with E-state index in [4.69, 9.17) is 23.2 Å². The Bertz CT molecular complexity index is 786. The molecule has 3 aromatic rings. The van der Waals surface area contributed by atoms with Crippen molar-refractivity contribution in [2.45, 2.75) is 6.92 Å². The molecule has 0 saturated carbocycles.